The molecule has 3 N–H and O–H groups in total. The van der Waals surface area contributed by atoms with Crippen LogP contribution in [0.3, 0.4) is 0 Å². The summed E-state index contributed by atoms with van der Waals surface area (Å²) in [6.07, 6.45) is 0.294. The summed E-state index contributed by atoms with van der Waals surface area (Å²) in [7, 11) is 0. The summed E-state index contributed by atoms with van der Waals surface area (Å²) in [6, 6.07) is 2.99. The summed E-state index contributed by atoms with van der Waals surface area (Å²) in [5, 5.41) is 3.19. The maximum absolute atomic E-state index is 12.3. The van der Waals surface area contributed by atoms with Crippen LogP contribution >= 0.6 is 23.2 Å². The molecule has 1 heterocycles. The smallest absolute Gasteiger partial charge is 0.254 e. The second-order valence-corrected chi connectivity index (χ2v) is 5.04. The van der Waals surface area contributed by atoms with Crippen molar-refractivity contribution in [1.82, 2.24) is 10.2 Å². The number of carbonyl (C=O) groups excluding carboxylic acids is 2. The van der Waals surface area contributed by atoms with E-state index in [1.54, 1.807) is 4.90 Å². The lowest BCUT2D eigenvalue weighted by molar-refractivity contribution is -0.120. The molecule has 1 aromatic carbocycles. The van der Waals surface area contributed by atoms with Gasteiger partial charge in [0.05, 0.1) is 15.7 Å². The lowest BCUT2D eigenvalue weighted by Gasteiger charge is -2.20. The van der Waals surface area contributed by atoms with Gasteiger partial charge in [-0.15, -0.1) is 0 Å². The third-order valence-electron chi connectivity index (χ3n) is 2.90. The summed E-state index contributed by atoms with van der Waals surface area (Å²) in [5.41, 5.74) is 6.33. The molecule has 0 aromatic heterocycles. The van der Waals surface area contributed by atoms with Gasteiger partial charge in [0.15, 0.2) is 0 Å². The fourth-order valence-corrected chi connectivity index (χ4v) is 2.22. The van der Waals surface area contributed by atoms with Crippen LogP contribution in [0.25, 0.3) is 0 Å². The van der Waals surface area contributed by atoms with Crippen LogP contribution in [0, 0.1) is 0 Å². The molecule has 102 valence electrons. The number of halogens is 2. The van der Waals surface area contributed by atoms with Crippen LogP contribution in [0.2, 0.25) is 10.0 Å². The van der Waals surface area contributed by atoms with Crippen LogP contribution in [0.4, 0.5) is 5.69 Å². The fraction of sp³-hybridized carbons (Fsp3) is 0.333. The van der Waals surface area contributed by atoms with Crippen molar-refractivity contribution in [1.29, 1.82) is 0 Å². The van der Waals surface area contributed by atoms with Gasteiger partial charge in [0, 0.05) is 31.6 Å². The van der Waals surface area contributed by atoms with Crippen LogP contribution in [0.5, 0.6) is 0 Å². The first kappa shape index (κ1) is 14.0. The van der Waals surface area contributed by atoms with Gasteiger partial charge >= 0.3 is 0 Å². The summed E-state index contributed by atoms with van der Waals surface area (Å²) < 4.78 is 0. The number of carbonyl (C=O) groups is 2. The largest absolute Gasteiger partial charge is 0.397 e. The molecule has 7 heteroatoms. The maximum Gasteiger partial charge on any atom is 0.254 e. The third kappa shape index (κ3) is 3.11. The highest BCUT2D eigenvalue weighted by molar-refractivity contribution is 6.43. The quantitative estimate of drug-likeness (QED) is 0.773. The van der Waals surface area contributed by atoms with E-state index in [1.165, 1.54) is 12.1 Å². The number of hydrogen-bond donors (Lipinski definition) is 2. The molecule has 1 aliphatic rings. The number of nitrogens with zero attached hydrogens (tertiary/aromatic N) is 1. The first-order valence-corrected chi connectivity index (χ1v) is 6.55. The van der Waals surface area contributed by atoms with Crippen LogP contribution < -0.4 is 11.1 Å². The minimum atomic E-state index is -0.207. The molecule has 0 bridgehead atoms. The van der Waals surface area contributed by atoms with Crippen molar-refractivity contribution in [3.05, 3.63) is 27.7 Å². The zero-order valence-corrected chi connectivity index (χ0v) is 11.6. The van der Waals surface area contributed by atoms with Gasteiger partial charge in [-0.25, -0.2) is 0 Å². The van der Waals surface area contributed by atoms with Gasteiger partial charge in [-0.2, -0.15) is 0 Å². The molecule has 5 nitrogen and oxygen atoms in total. The van der Waals surface area contributed by atoms with Gasteiger partial charge in [0.2, 0.25) is 5.91 Å². The molecule has 0 radical (unpaired) electrons. The summed E-state index contributed by atoms with van der Waals surface area (Å²) >= 11 is 11.8. The minimum absolute atomic E-state index is 0.0519. The molecule has 1 aromatic rings. The van der Waals surface area contributed by atoms with E-state index in [2.05, 4.69) is 5.32 Å². The lowest BCUT2D eigenvalue weighted by Crippen LogP contribution is -2.34. The van der Waals surface area contributed by atoms with E-state index in [-0.39, 0.29) is 27.5 Å². The first-order chi connectivity index (χ1) is 8.99. The van der Waals surface area contributed by atoms with Crippen LogP contribution in [-0.4, -0.2) is 36.3 Å². The zero-order valence-electron chi connectivity index (χ0n) is 10.1. The van der Waals surface area contributed by atoms with E-state index >= 15 is 0 Å². The van der Waals surface area contributed by atoms with Crippen molar-refractivity contribution >= 4 is 40.7 Å². The second-order valence-electron chi connectivity index (χ2n) is 4.25. The molecule has 2 rings (SSSR count). The Morgan fingerprint density at radius 3 is 2.74 bits per heavy atom. The number of hydrogen-bond acceptors (Lipinski definition) is 3. The Morgan fingerprint density at radius 2 is 2.05 bits per heavy atom. The van der Waals surface area contributed by atoms with Crippen molar-refractivity contribution < 1.29 is 9.59 Å². The molecule has 1 fully saturated rings. The van der Waals surface area contributed by atoms with Crippen molar-refractivity contribution in [2.75, 3.05) is 25.4 Å². The van der Waals surface area contributed by atoms with Crippen molar-refractivity contribution in [2.45, 2.75) is 6.42 Å². The maximum atomic E-state index is 12.3. The van der Waals surface area contributed by atoms with Gasteiger partial charge in [-0.1, -0.05) is 23.2 Å². The SMILES string of the molecule is Nc1cc(C(=O)N2CCNC(=O)CC2)cc(Cl)c1Cl. The number of rotatable bonds is 1. The molecule has 0 unspecified atom stereocenters. The summed E-state index contributed by atoms with van der Waals surface area (Å²) in [4.78, 5) is 25.1. The molecule has 2 amide bonds. The highest BCUT2D eigenvalue weighted by atomic mass is 35.5. The topological polar surface area (TPSA) is 75.4 Å². The van der Waals surface area contributed by atoms with Gasteiger partial charge in [-0.05, 0) is 12.1 Å². The normalized spacial score (nSPS) is 15.9. The Hall–Kier alpha value is -1.46. The lowest BCUT2D eigenvalue weighted by atomic mass is 10.1. The number of benzene rings is 1. The standard InChI is InChI=1S/C12H13Cl2N3O2/c13-8-5-7(6-9(15)11(8)14)12(19)17-3-1-10(18)16-2-4-17/h5-6H,1-4,15H2,(H,16,18). The molecular formula is C12H13Cl2N3O2. The Bertz CT molecular complexity index is 511. The summed E-state index contributed by atoms with van der Waals surface area (Å²) in [5.74, 6) is -0.259. The average Bonchev–Trinajstić information content (AvgIpc) is 2.59. The van der Waals surface area contributed by atoms with E-state index < -0.39 is 0 Å². The molecular weight excluding hydrogens is 289 g/mol. The predicted octanol–water partition coefficient (Wildman–Crippen LogP) is 1.54. The number of amides is 2. The highest BCUT2D eigenvalue weighted by Crippen LogP contribution is 2.29. The van der Waals surface area contributed by atoms with Crippen molar-refractivity contribution in [2.24, 2.45) is 0 Å². The molecule has 0 saturated carbocycles. The summed E-state index contributed by atoms with van der Waals surface area (Å²) in [6.45, 7) is 1.29. The molecule has 19 heavy (non-hydrogen) atoms. The molecule has 1 saturated heterocycles. The van der Waals surface area contributed by atoms with Crippen LogP contribution in [-0.2, 0) is 4.79 Å². The van der Waals surface area contributed by atoms with E-state index in [0.717, 1.165) is 0 Å². The Kier molecular flexibility index (Phi) is 4.17. The van der Waals surface area contributed by atoms with E-state index in [0.29, 0.717) is 31.6 Å². The van der Waals surface area contributed by atoms with Crippen LogP contribution in [0.1, 0.15) is 16.8 Å². The van der Waals surface area contributed by atoms with Crippen LogP contribution in [0.15, 0.2) is 12.1 Å². The fourth-order valence-electron chi connectivity index (χ4n) is 1.89. The minimum Gasteiger partial charge on any atom is -0.397 e. The van der Waals surface area contributed by atoms with E-state index in [4.69, 9.17) is 28.9 Å². The number of anilines is 1. The monoisotopic (exact) mass is 301 g/mol. The second kappa shape index (κ2) is 5.67. The predicted molar refractivity (Wildman–Crippen MR) is 74.4 cm³/mol. The van der Waals surface area contributed by atoms with Crippen molar-refractivity contribution in [3.63, 3.8) is 0 Å². The Balaban J connectivity index is 2.21. The van der Waals surface area contributed by atoms with Gasteiger partial charge in [-0.3, -0.25) is 9.59 Å². The first-order valence-electron chi connectivity index (χ1n) is 5.79. The van der Waals surface area contributed by atoms with Gasteiger partial charge < -0.3 is 16.0 Å². The zero-order chi connectivity index (χ0) is 14.0. The molecule has 1 aliphatic heterocycles. The molecule has 0 atom stereocenters. The molecule has 0 aliphatic carbocycles. The van der Waals surface area contributed by atoms with E-state index in [9.17, 15) is 9.59 Å². The van der Waals surface area contributed by atoms with Crippen molar-refractivity contribution in [3.8, 4) is 0 Å². The Labute approximate surface area is 120 Å². The Morgan fingerprint density at radius 1 is 1.32 bits per heavy atom. The molecule has 0 spiro atoms. The van der Waals surface area contributed by atoms with Gasteiger partial charge in [0.1, 0.15) is 0 Å². The number of nitrogens with two attached hydrogens (primary N) is 1. The number of nitrogen functional groups attached to an aromatic ring is 1. The highest BCUT2D eigenvalue weighted by Gasteiger charge is 2.21. The third-order valence-corrected chi connectivity index (χ3v) is 3.72. The average molecular weight is 302 g/mol. The van der Waals surface area contributed by atoms with E-state index in [1.807, 2.05) is 0 Å². The van der Waals surface area contributed by atoms with Gasteiger partial charge in [0.25, 0.3) is 5.91 Å². The number of nitrogens with one attached hydrogen (secondary N) is 1.